The Balaban J connectivity index is 2.45. The van der Waals surface area contributed by atoms with E-state index in [2.05, 4.69) is 15.0 Å². The van der Waals surface area contributed by atoms with Gasteiger partial charge in [0.1, 0.15) is 18.1 Å². The molecule has 31 heavy (non-hydrogen) atoms. The zero-order valence-corrected chi connectivity index (χ0v) is 18.8. The second-order valence-electron chi connectivity index (χ2n) is 6.58. The van der Waals surface area contributed by atoms with Crippen molar-refractivity contribution in [1.82, 2.24) is 4.98 Å². The summed E-state index contributed by atoms with van der Waals surface area (Å²) in [7, 11) is 1.21. The fourth-order valence-corrected chi connectivity index (χ4v) is 4.44. The molecule has 2 unspecified atom stereocenters. The fraction of sp³-hybridized carbons (Fsp3) is 0.556. The third-order valence-corrected chi connectivity index (χ3v) is 5.80. The number of carbonyl (C=O) groups excluding carboxylic acids is 3. The number of rotatable bonds is 7. The van der Waals surface area contributed by atoms with Crippen molar-refractivity contribution in [3.05, 3.63) is 33.4 Å². The van der Waals surface area contributed by atoms with Crippen molar-refractivity contribution in [3.8, 4) is 0 Å². The molecule has 2 heterocycles. The standard InChI is InChI=1S/C18H21ClN4O7S/c1-8-12(7-28-9(2)24)30-18(16(29-10(3)25)14(8)22-23-20)31-13-5-11(19)6-21-15(13)17(26)27-4/h5-6,8,12,14,16,18H,7H2,1-4H3/t8-,12?,14?,16-,18+/m0/s1. The molecule has 1 saturated heterocycles. The normalized spacial score (nSPS) is 25.1. The van der Waals surface area contributed by atoms with Gasteiger partial charge in [0, 0.05) is 29.9 Å². The topological polar surface area (TPSA) is 150 Å². The van der Waals surface area contributed by atoms with Crippen LogP contribution < -0.4 is 0 Å². The van der Waals surface area contributed by atoms with Gasteiger partial charge < -0.3 is 18.9 Å². The van der Waals surface area contributed by atoms with Crippen LogP contribution in [0.4, 0.5) is 0 Å². The lowest BCUT2D eigenvalue weighted by Gasteiger charge is -2.43. The van der Waals surface area contributed by atoms with Crippen LogP contribution in [0, 0.1) is 5.92 Å². The summed E-state index contributed by atoms with van der Waals surface area (Å²) in [5.41, 5.74) is 8.10. The number of aromatic nitrogens is 1. The van der Waals surface area contributed by atoms with E-state index in [1.54, 1.807) is 6.92 Å². The predicted octanol–water partition coefficient (Wildman–Crippen LogP) is 3.15. The van der Waals surface area contributed by atoms with Gasteiger partial charge in [0.15, 0.2) is 5.69 Å². The molecule has 0 spiro atoms. The smallest absolute Gasteiger partial charge is 0.357 e. The maximum atomic E-state index is 12.1. The van der Waals surface area contributed by atoms with Crippen molar-refractivity contribution >= 4 is 41.3 Å². The van der Waals surface area contributed by atoms with E-state index >= 15 is 0 Å². The molecule has 0 saturated carbocycles. The molecule has 0 aromatic carbocycles. The van der Waals surface area contributed by atoms with Gasteiger partial charge in [-0.2, -0.15) is 0 Å². The first-order valence-electron chi connectivity index (χ1n) is 9.08. The maximum absolute atomic E-state index is 12.1. The highest BCUT2D eigenvalue weighted by atomic mass is 35.5. The first-order chi connectivity index (χ1) is 14.7. The van der Waals surface area contributed by atoms with Crippen LogP contribution in [0.5, 0.6) is 0 Å². The highest BCUT2D eigenvalue weighted by molar-refractivity contribution is 8.00. The molecule has 0 aliphatic carbocycles. The van der Waals surface area contributed by atoms with Crippen molar-refractivity contribution in [2.24, 2.45) is 11.0 Å². The largest absolute Gasteiger partial charge is 0.464 e. The van der Waals surface area contributed by atoms with E-state index in [4.69, 9.17) is 36.1 Å². The Hall–Kier alpha value is -2.53. The van der Waals surface area contributed by atoms with Gasteiger partial charge in [-0.25, -0.2) is 9.78 Å². The third kappa shape index (κ3) is 6.47. The predicted molar refractivity (Wildman–Crippen MR) is 109 cm³/mol. The van der Waals surface area contributed by atoms with Crippen LogP contribution in [0.15, 0.2) is 22.3 Å². The minimum absolute atomic E-state index is 0.0161. The number of hydrogen-bond donors (Lipinski definition) is 0. The molecule has 0 amide bonds. The lowest BCUT2D eigenvalue weighted by Crippen LogP contribution is -2.54. The summed E-state index contributed by atoms with van der Waals surface area (Å²) >= 11 is 7.04. The van der Waals surface area contributed by atoms with Crippen LogP contribution in [-0.2, 0) is 28.5 Å². The van der Waals surface area contributed by atoms with E-state index in [0.29, 0.717) is 4.90 Å². The number of methoxy groups -OCH3 is 1. The van der Waals surface area contributed by atoms with Crippen LogP contribution >= 0.6 is 23.4 Å². The first-order valence-corrected chi connectivity index (χ1v) is 10.3. The average molecular weight is 473 g/mol. The molecular formula is C18H21ClN4O7S. The third-order valence-electron chi connectivity index (χ3n) is 4.42. The molecule has 1 aromatic rings. The number of pyridine rings is 1. The minimum atomic E-state index is -0.994. The lowest BCUT2D eigenvalue weighted by atomic mass is 9.89. The molecule has 1 fully saturated rings. The summed E-state index contributed by atoms with van der Waals surface area (Å²) in [5.74, 6) is -2.26. The van der Waals surface area contributed by atoms with E-state index in [9.17, 15) is 14.4 Å². The van der Waals surface area contributed by atoms with E-state index in [0.717, 1.165) is 11.8 Å². The summed E-state index contributed by atoms with van der Waals surface area (Å²) in [5, 5.41) is 4.05. The number of nitrogens with zero attached hydrogens (tertiary/aromatic N) is 4. The van der Waals surface area contributed by atoms with E-state index < -0.39 is 47.5 Å². The number of ether oxygens (including phenoxy) is 4. The number of thioether (sulfide) groups is 1. The van der Waals surface area contributed by atoms with Gasteiger partial charge in [-0.15, -0.1) is 0 Å². The second kappa shape index (κ2) is 11.2. The van der Waals surface area contributed by atoms with E-state index in [1.807, 2.05) is 0 Å². The molecule has 1 aromatic heterocycles. The van der Waals surface area contributed by atoms with Crippen molar-refractivity contribution in [2.75, 3.05) is 13.7 Å². The summed E-state index contributed by atoms with van der Waals surface area (Å²) in [4.78, 5) is 42.3. The Morgan fingerprint density at radius 3 is 2.65 bits per heavy atom. The second-order valence-corrected chi connectivity index (χ2v) is 8.16. The quantitative estimate of drug-likeness (QED) is 0.191. The fourth-order valence-electron chi connectivity index (χ4n) is 2.97. The molecular weight excluding hydrogens is 452 g/mol. The van der Waals surface area contributed by atoms with Gasteiger partial charge in [-0.1, -0.05) is 35.4 Å². The van der Waals surface area contributed by atoms with Crippen molar-refractivity contribution in [3.63, 3.8) is 0 Å². The van der Waals surface area contributed by atoms with E-state index in [-0.39, 0.29) is 17.3 Å². The van der Waals surface area contributed by atoms with Gasteiger partial charge >= 0.3 is 17.9 Å². The van der Waals surface area contributed by atoms with Crippen molar-refractivity contribution in [1.29, 1.82) is 0 Å². The molecule has 0 radical (unpaired) electrons. The number of halogens is 1. The summed E-state index contributed by atoms with van der Waals surface area (Å²) < 4.78 is 21.3. The number of azide groups is 1. The zero-order valence-electron chi connectivity index (χ0n) is 17.2. The molecule has 2 rings (SSSR count). The molecule has 0 N–H and O–H groups in total. The Bertz CT molecular complexity index is 896. The number of hydrogen-bond acceptors (Lipinski definition) is 10. The Kier molecular flexibility index (Phi) is 8.93. The van der Waals surface area contributed by atoms with Crippen LogP contribution in [0.3, 0.4) is 0 Å². The maximum Gasteiger partial charge on any atom is 0.357 e. The van der Waals surface area contributed by atoms with Crippen LogP contribution in [-0.4, -0.2) is 60.3 Å². The summed E-state index contributed by atoms with van der Waals surface area (Å²) in [6, 6.07) is 0.663. The van der Waals surface area contributed by atoms with Crippen LogP contribution in [0.2, 0.25) is 5.02 Å². The highest BCUT2D eigenvalue weighted by Crippen LogP contribution is 2.40. The zero-order chi connectivity index (χ0) is 23.1. The minimum Gasteiger partial charge on any atom is -0.464 e. The van der Waals surface area contributed by atoms with Gasteiger partial charge in [-0.3, -0.25) is 9.59 Å². The molecule has 168 valence electrons. The van der Waals surface area contributed by atoms with Gasteiger partial charge in [0.2, 0.25) is 0 Å². The van der Waals surface area contributed by atoms with Crippen LogP contribution in [0.1, 0.15) is 31.3 Å². The van der Waals surface area contributed by atoms with Crippen molar-refractivity contribution < 1.29 is 33.3 Å². The lowest BCUT2D eigenvalue weighted by molar-refractivity contribution is -0.176. The Morgan fingerprint density at radius 1 is 1.35 bits per heavy atom. The SMILES string of the molecule is COC(=O)c1ncc(Cl)cc1S[C@H]1OC(COC(C)=O)[C@H](C)C(N=[N+]=[N-])[C@@H]1OC(C)=O. The molecule has 1 aliphatic heterocycles. The average Bonchev–Trinajstić information content (AvgIpc) is 2.70. The number of carbonyl (C=O) groups is 3. The van der Waals surface area contributed by atoms with Gasteiger partial charge in [0.25, 0.3) is 0 Å². The van der Waals surface area contributed by atoms with Crippen molar-refractivity contribution in [2.45, 2.75) is 49.4 Å². The van der Waals surface area contributed by atoms with Crippen LogP contribution in [0.25, 0.3) is 10.4 Å². The Labute approximate surface area is 187 Å². The number of esters is 3. The first kappa shape index (κ1) is 24.7. The molecule has 13 heteroatoms. The Morgan fingerprint density at radius 2 is 2.06 bits per heavy atom. The summed E-state index contributed by atoms with van der Waals surface area (Å²) in [6.45, 7) is 4.10. The highest BCUT2D eigenvalue weighted by Gasteiger charge is 2.46. The molecule has 0 bridgehead atoms. The summed E-state index contributed by atoms with van der Waals surface area (Å²) in [6.07, 6.45) is -0.374. The van der Waals surface area contributed by atoms with Gasteiger partial charge in [0.05, 0.1) is 24.3 Å². The molecule has 5 atom stereocenters. The van der Waals surface area contributed by atoms with Gasteiger partial charge in [-0.05, 0) is 17.5 Å². The molecule has 1 aliphatic rings. The van der Waals surface area contributed by atoms with E-state index in [1.165, 1.54) is 33.2 Å². The monoisotopic (exact) mass is 472 g/mol. The molecule has 11 nitrogen and oxygen atoms in total.